The quantitative estimate of drug-likeness (QED) is 0.673. The van der Waals surface area contributed by atoms with Crippen LogP contribution in [-0.2, 0) is 0 Å². The normalized spacial score (nSPS) is 13.4. The van der Waals surface area contributed by atoms with Gasteiger partial charge in [0.2, 0.25) is 0 Å². The van der Waals surface area contributed by atoms with Crippen LogP contribution in [-0.4, -0.2) is 69.7 Å². The van der Waals surface area contributed by atoms with Gasteiger partial charge < -0.3 is 24.8 Å². The highest BCUT2D eigenvalue weighted by Gasteiger charge is 2.27. The largest absolute Gasteiger partial charge is 0.495 e. The third-order valence-electron chi connectivity index (χ3n) is 5.77. The molecule has 0 unspecified atom stereocenters. The minimum absolute atomic E-state index is 0. The molecule has 0 atom stereocenters. The highest BCUT2D eigenvalue weighted by atomic mass is 35.5. The number of piperazine rings is 1. The molecule has 2 heterocycles. The summed E-state index contributed by atoms with van der Waals surface area (Å²) in [4.78, 5) is 24.2. The van der Waals surface area contributed by atoms with E-state index in [0.717, 1.165) is 67.5 Å². The highest BCUT2D eigenvalue weighted by Crippen LogP contribution is 2.34. The number of aryl methyl sites for hydroxylation is 1. The Morgan fingerprint density at radius 3 is 2.34 bits per heavy atom. The van der Waals surface area contributed by atoms with E-state index in [9.17, 15) is 4.79 Å². The van der Waals surface area contributed by atoms with Crippen LogP contribution in [0.25, 0.3) is 0 Å². The molecule has 1 saturated heterocycles. The Balaban J connectivity index is 0.00000363. The number of anilines is 3. The first kappa shape index (κ1) is 25.6. The first-order chi connectivity index (χ1) is 14.9. The van der Waals surface area contributed by atoms with Crippen molar-refractivity contribution in [1.82, 2.24) is 9.88 Å². The zero-order valence-corrected chi connectivity index (χ0v) is 20.9. The van der Waals surface area contributed by atoms with Crippen molar-refractivity contribution >= 4 is 35.5 Å². The minimum atomic E-state index is -0.0162. The van der Waals surface area contributed by atoms with E-state index in [0.29, 0.717) is 11.4 Å². The molecule has 1 N–H and O–H groups in total. The second-order valence-electron chi connectivity index (χ2n) is 8.17. The summed E-state index contributed by atoms with van der Waals surface area (Å²) < 4.78 is 5.54. The molecule has 1 aliphatic heterocycles. The van der Waals surface area contributed by atoms with Gasteiger partial charge in [0.25, 0.3) is 5.91 Å². The van der Waals surface area contributed by atoms with Crippen LogP contribution in [0.3, 0.4) is 0 Å². The molecule has 176 valence electrons. The van der Waals surface area contributed by atoms with Gasteiger partial charge in [-0.1, -0.05) is 19.1 Å². The van der Waals surface area contributed by atoms with Crippen molar-refractivity contribution in [2.24, 2.45) is 0 Å². The average Bonchev–Trinajstić information content (AvgIpc) is 2.77. The number of hydrogen-bond acceptors (Lipinski definition) is 6. The predicted octanol–water partition coefficient (Wildman–Crippen LogP) is 3.98. The molecule has 7 nitrogen and oxygen atoms in total. The van der Waals surface area contributed by atoms with Crippen molar-refractivity contribution < 1.29 is 9.53 Å². The number of pyridine rings is 1. The Hall–Kier alpha value is -2.67. The van der Waals surface area contributed by atoms with Crippen molar-refractivity contribution in [3.63, 3.8) is 0 Å². The maximum atomic E-state index is 13.0. The number of para-hydroxylation sites is 2. The molecule has 1 aromatic heterocycles. The van der Waals surface area contributed by atoms with Crippen LogP contribution >= 0.6 is 12.4 Å². The third-order valence-corrected chi connectivity index (χ3v) is 5.77. The molecule has 1 aliphatic rings. The standard InChI is InChI=1S/C24H35N5O2.ClH/c1-7-12-25-23-21(24(30)27(4)5)17(2)22(18(3)26-23)29-15-13-28(14-16-29)19-10-8-9-11-20(19)31-6;/h8-11H,7,12-16H2,1-6H3,(H,25,26);1H. The smallest absolute Gasteiger partial charge is 0.257 e. The van der Waals surface area contributed by atoms with Gasteiger partial charge in [-0.2, -0.15) is 0 Å². The fourth-order valence-electron chi connectivity index (χ4n) is 4.23. The zero-order chi connectivity index (χ0) is 22.5. The first-order valence-electron chi connectivity index (χ1n) is 11.0. The van der Waals surface area contributed by atoms with Crippen molar-refractivity contribution in [3.05, 3.63) is 41.1 Å². The number of methoxy groups -OCH3 is 1. The maximum absolute atomic E-state index is 13.0. The minimum Gasteiger partial charge on any atom is -0.495 e. The van der Waals surface area contributed by atoms with Crippen LogP contribution in [0, 0.1) is 13.8 Å². The van der Waals surface area contributed by atoms with Crippen molar-refractivity contribution in [2.45, 2.75) is 27.2 Å². The summed E-state index contributed by atoms with van der Waals surface area (Å²) in [5, 5.41) is 3.35. The van der Waals surface area contributed by atoms with Gasteiger partial charge in [0, 0.05) is 46.8 Å². The van der Waals surface area contributed by atoms with E-state index in [1.165, 1.54) is 0 Å². The molecule has 2 aromatic rings. The summed E-state index contributed by atoms with van der Waals surface area (Å²) in [6.07, 6.45) is 0.974. The molecule has 8 heteroatoms. The number of benzene rings is 1. The molecule has 32 heavy (non-hydrogen) atoms. The summed E-state index contributed by atoms with van der Waals surface area (Å²) in [5.41, 5.74) is 4.82. The van der Waals surface area contributed by atoms with Crippen LogP contribution in [0.4, 0.5) is 17.2 Å². The molecule has 0 saturated carbocycles. The van der Waals surface area contributed by atoms with Crippen LogP contribution in [0.2, 0.25) is 0 Å². The Labute approximate surface area is 198 Å². The van der Waals surface area contributed by atoms with Crippen LogP contribution in [0.5, 0.6) is 5.75 Å². The van der Waals surface area contributed by atoms with Gasteiger partial charge in [-0.25, -0.2) is 4.98 Å². The highest BCUT2D eigenvalue weighted by molar-refractivity contribution is 6.01. The van der Waals surface area contributed by atoms with Gasteiger partial charge in [0.05, 0.1) is 29.7 Å². The number of carbonyl (C=O) groups is 1. The lowest BCUT2D eigenvalue weighted by atomic mass is 10.0. The Kier molecular flexibility index (Phi) is 9.01. The number of nitrogens with one attached hydrogen (secondary N) is 1. The Bertz CT molecular complexity index is 927. The Morgan fingerprint density at radius 1 is 1.12 bits per heavy atom. The zero-order valence-electron chi connectivity index (χ0n) is 20.1. The van der Waals surface area contributed by atoms with Gasteiger partial charge in [0.1, 0.15) is 11.6 Å². The monoisotopic (exact) mass is 461 g/mol. The number of carbonyl (C=O) groups excluding carboxylic acids is 1. The summed E-state index contributed by atoms with van der Waals surface area (Å²) in [5.74, 6) is 1.57. The molecule has 1 fully saturated rings. The molecule has 0 spiro atoms. The number of rotatable bonds is 7. The first-order valence-corrected chi connectivity index (χ1v) is 11.0. The van der Waals surface area contributed by atoms with E-state index >= 15 is 0 Å². The number of nitrogens with zero attached hydrogens (tertiary/aromatic N) is 4. The van der Waals surface area contributed by atoms with Gasteiger partial charge in [-0.15, -0.1) is 12.4 Å². The number of amides is 1. The molecule has 1 amide bonds. The molecule has 0 radical (unpaired) electrons. The fraction of sp³-hybridized carbons (Fsp3) is 0.500. The van der Waals surface area contributed by atoms with Crippen LogP contribution in [0.15, 0.2) is 24.3 Å². The average molecular weight is 462 g/mol. The molecule has 3 rings (SSSR count). The van der Waals surface area contributed by atoms with E-state index in [2.05, 4.69) is 28.1 Å². The lowest BCUT2D eigenvalue weighted by Crippen LogP contribution is -2.47. The van der Waals surface area contributed by atoms with Gasteiger partial charge >= 0.3 is 0 Å². The number of hydrogen-bond donors (Lipinski definition) is 1. The van der Waals surface area contributed by atoms with Gasteiger partial charge in [-0.3, -0.25) is 4.79 Å². The van der Waals surface area contributed by atoms with Crippen molar-refractivity contribution in [3.8, 4) is 5.75 Å². The second kappa shape index (κ2) is 11.3. The van der Waals surface area contributed by atoms with Crippen LogP contribution in [0.1, 0.15) is 35.0 Å². The maximum Gasteiger partial charge on any atom is 0.257 e. The number of ether oxygens (including phenoxy) is 1. The molecule has 1 aromatic carbocycles. The summed E-state index contributed by atoms with van der Waals surface area (Å²) in [6.45, 7) is 10.5. The second-order valence-corrected chi connectivity index (χ2v) is 8.17. The molecular weight excluding hydrogens is 426 g/mol. The van der Waals surface area contributed by atoms with Crippen LogP contribution < -0.4 is 19.9 Å². The van der Waals surface area contributed by atoms with Crippen molar-refractivity contribution in [2.75, 3.05) is 69.0 Å². The van der Waals surface area contributed by atoms with E-state index in [4.69, 9.17) is 9.72 Å². The Morgan fingerprint density at radius 2 is 1.75 bits per heavy atom. The molecular formula is C24H36ClN5O2. The lowest BCUT2D eigenvalue weighted by molar-refractivity contribution is 0.0827. The number of halogens is 1. The van der Waals surface area contributed by atoms with Gasteiger partial charge in [-0.05, 0) is 38.0 Å². The third kappa shape index (κ3) is 5.21. The SMILES string of the molecule is CCCNc1nc(C)c(N2CCN(c3ccccc3OC)CC2)c(C)c1C(=O)N(C)C.Cl. The molecule has 0 aliphatic carbocycles. The fourth-order valence-corrected chi connectivity index (χ4v) is 4.23. The topological polar surface area (TPSA) is 60.9 Å². The van der Waals surface area contributed by atoms with E-state index in [-0.39, 0.29) is 18.3 Å². The van der Waals surface area contributed by atoms with Crippen molar-refractivity contribution in [1.29, 1.82) is 0 Å². The molecule has 0 bridgehead atoms. The van der Waals surface area contributed by atoms with E-state index in [1.807, 2.05) is 32.0 Å². The summed E-state index contributed by atoms with van der Waals surface area (Å²) in [7, 11) is 5.29. The lowest BCUT2D eigenvalue weighted by Gasteiger charge is -2.39. The summed E-state index contributed by atoms with van der Waals surface area (Å²) in [6, 6.07) is 8.15. The van der Waals surface area contributed by atoms with Gasteiger partial charge in [0.15, 0.2) is 0 Å². The predicted molar refractivity (Wildman–Crippen MR) is 135 cm³/mol. The van der Waals surface area contributed by atoms with E-state index < -0.39 is 0 Å². The van der Waals surface area contributed by atoms with E-state index in [1.54, 1.807) is 26.1 Å². The number of aromatic nitrogens is 1. The summed E-state index contributed by atoms with van der Waals surface area (Å²) >= 11 is 0.